The first-order valence-corrected chi connectivity index (χ1v) is 8.63. The lowest BCUT2D eigenvalue weighted by Gasteiger charge is -2.35. The van der Waals surface area contributed by atoms with Crippen LogP contribution in [-0.2, 0) is 9.59 Å². The molecule has 2 aliphatic heterocycles. The molecule has 6 heteroatoms. The van der Waals surface area contributed by atoms with Crippen molar-refractivity contribution in [2.45, 2.75) is 32.2 Å². The summed E-state index contributed by atoms with van der Waals surface area (Å²) in [4.78, 5) is 28.2. The van der Waals surface area contributed by atoms with Crippen molar-refractivity contribution in [3.63, 3.8) is 0 Å². The second kappa shape index (κ2) is 7.31. The molecule has 0 aliphatic carbocycles. The Morgan fingerprint density at radius 3 is 2.60 bits per heavy atom. The predicted octanol–water partition coefficient (Wildman–Crippen LogP) is 0.756. The summed E-state index contributed by atoms with van der Waals surface area (Å²) in [6.45, 7) is 4.55. The molecule has 2 amide bonds. The normalized spacial score (nSPS) is 24.2. The van der Waals surface area contributed by atoms with Crippen molar-refractivity contribution in [3.05, 3.63) is 0 Å². The molecule has 0 aromatic rings. The third-order valence-corrected chi connectivity index (χ3v) is 5.22. The number of amides is 2. The molecule has 114 valence electrons. The third-order valence-electron chi connectivity index (χ3n) is 4.21. The molecule has 2 heterocycles. The number of carbonyl (C=O) groups is 2. The van der Waals surface area contributed by atoms with Gasteiger partial charge in [-0.05, 0) is 32.4 Å². The van der Waals surface area contributed by atoms with Crippen molar-refractivity contribution in [2.24, 2.45) is 5.92 Å². The Labute approximate surface area is 125 Å². The standard InChI is InChI=1S/C14H25N3O2S/c1-3-13(18)17-10-20-9-12(17)14(19)16-6-4-11(5-7-16)8-15-2/h11-12,15H,3-10H2,1-2H3. The molecule has 0 saturated carbocycles. The quantitative estimate of drug-likeness (QED) is 0.832. The molecule has 1 N–H and O–H groups in total. The van der Waals surface area contributed by atoms with E-state index in [0.29, 0.717) is 18.2 Å². The van der Waals surface area contributed by atoms with Crippen LogP contribution in [0.2, 0.25) is 0 Å². The lowest BCUT2D eigenvalue weighted by molar-refractivity contribution is -0.144. The van der Waals surface area contributed by atoms with E-state index in [9.17, 15) is 9.59 Å². The molecular weight excluding hydrogens is 274 g/mol. The third kappa shape index (κ3) is 3.47. The Bertz CT molecular complexity index is 356. The summed E-state index contributed by atoms with van der Waals surface area (Å²) in [6.07, 6.45) is 2.61. The number of thioether (sulfide) groups is 1. The van der Waals surface area contributed by atoms with Gasteiger partial charge in [-0.3, -0.25) is 9.59 Å². The van der Waals surface area contributed by atoms with Gasteiger partial charge in [-0.25, -0.2) is 0 Å². The summed E-state index contributed by atoms with van der Waals surface area (Å²) in [5, 5.41) is 3.21. The van der Waals surface area contributed by atoms with Crippen LogP contribution in [0.4, 0.5) is 0 Å². The molecular formula is C14H25N3O2S. The van der Waals surface area contributed by atoms with Crippen molar-refractivity contribution >= 4 is 23.6 Å². The van der Waals surface area contributed by atoms with Gasteiger partial charge in [-0.2, -0.15) is 0 Å². The molecule has 2 aliphatic rings. The van der Waals surface area contributed by atoms with E-state index in [-0.39, 0.29) is 17.9 Å². The lowest BCUT2D eigenvalue weighted by atomic mass is 9.96. The average Bonchev–Trinajstić information content (AvgIpc) is 2.96. The highest BCUT2D eigenvalue weighted by molar-refractivity contribution is 7.99. The number of carbonyl (C=O) groups excluding carboxylic acids is 2. The topological polar surface area (TPSA) is 52.7 Å². The van der Waals surface area contributed by atoms with Gasteiger partial charge in [0.25, 0.3) is 0 Å². The minimum Gasteiger partial charge on any atom is -0.341 e. The number of nitrogens with zero attached hydrogens (tertiary/aromatic N) is 2. The van der Waals surface area contributed by atoms with Crippen molar-refractivity contribution < 1.29 is 9.59 Å². The molecule has 0 spiro atoms. The number of likely N-dealkylation sites (tertiary alicyclic amines) is 1. The maximum atomic E-state index is 12.6. The summed E-state index contributed by atoms with van der Waals surface area (Å²) < 4.78 is 0. The van der Waals surface area contributed by atoms with Gasteiger partial charge < -0.3 is 15.1 Å². The SMILES string of the molecule is CCC(=O)N1CSCC1C(=O)N1CCC(CNC)CC1. The zero-order valence-corrected chi connectivity index (χ0v) is 13.2. The van der Waals surface area contributed by atoms with Gasteiger partial charge in [0.05, 0.1) is 5.88 Å². The first-order valence-electron chi connectivity index (χ1n) is 7.48. The fourth-order valence-corrected chi connectivity index (χ4v) is 4.12. The van der Waals surface area contributed by atoms with Crippen LogP contribution in [0.1, 0.15) is 26.2 Å². The molecule has 0 aromatic carbocycles. The Balaban J connectivity index is 1.90. The fourth-order valence-electron chi connectivity index (χ4n) is 2.95. The minimum absolute atomic E-state index is 0.0958. The first-order chi connectivity index (χ1) is 9.67. The van der Waals surface area contributed by atoms with E-state index in [0.717, 1.165) is 38.2 Å². The van der Waals surface area contributed by atoms with Crippen LogP contribution < -0.4 is 5.32 Å². The number of nitrogens with one attached hydrogen (secondary N) is 1. The summed E-state index contributed by atoms with van der Waals surface area (Å²) in [7, 11) is 1.97. The van der Waals surface area contributed by atoms with Gasteiger partial charge in [0.1, 0.15) is 6.04 Å². The molecule has 0 aromatic heterocycles. The second-order valence-electron chi connectivity index (χ2n) is 5.56. The van der Waals surface area contributed by atoms with Crippen LogP contribution in [0.3, 0.4) is 0 Å². The molecule has 2 saturated heterocycles. The number of rotatable bonds is 4. The molecule has 5 nitrogen and oxygen atoms in total. The Hall–Kier alpha value is -0.750. The zero-order valence-electron chi connectivity index (χ0n) is 12.4. The highest BCUT2D eigenvalue weighted by Crippen LogP contribution is 2.25. The molecule has 2 fully saturated rings. The zero-order chi connectivity index (χ0) is 14.5. The molecule has 0 radical (unpaired) electrons. The van der Waals surface area contributed by atoms with Gasteiger partial charge in [0.15, 0.2) is 0 Å². The molecule has 2 rings (SSSR count). The van der Waals surface area contributed by atoms with Gasteiger partial charge >= 0.3 is 0 Å². The van der Waals surface area contributed by atoms with E-state index in [1.54, 1.807) is 16.7 Å². The smallest absolute Gasteiger partial charge is 0.246 e. The Morgan fingerprint density at radius 1 is 1.30 bits per heavy atom. The van der Waals surface area contributed by atoms with Crippen molar-refractivity contribution in [3.8, 4) is 0 Å². The van der Waals surface area contributed by atoms with Crippen LogP contribution in [0.5, 0.6) is 0 Å². The second-order valence-corrected chi connectivity index (χ2v) is 6.56. The van der Waals surface area contributed by atoms with Gasteiger partial charge in [-0.15, -0.1) is 11.8 Å². The number of piperidine rings is 1. The van der Waals surface area contributed by atoms with Crippen molar-refractivity contribution in [1.29, 1.82) is 0 Å². The van der Waals surface area contributed by atoms with Gasteiger partial charge in [0.2, 0.25) is 11.8 Å². The van der Waals surface area contributed by atoms with E-state index in [1.807, 2.05) is 18.9 Å². The van der Waals surface area contributed by atoms with E-state index < -0.39 is 0 Å². The summed E-state index contributed by atoms with van der Waals surface area (Å²) in [6, 6.07) is -0.228. The predicted molar refractivity (Wildman–Crippen MR) is 81.5 cm³/mol. The summed E-state index contributed by atoms with van der Waals surface area (Å²) in [5.74, 6) is 2.34. The van der Waals surface area contributed by atoms with Crippen molar-refractivity contribution in [1.82, 2.24) is 15.1 Å². The molecule has 1 unspecified atom stereocenters. The van der Waals surface area contributed by atoms with Gasteiger partial charge in [0, 0.05) is 25.3 Å². The lowest BCUT2D eigenvalue weighted by Crippen LogP contribution is -2.51. The minimum atomic E-state index is -0.228. The van der Waals surface area contributed by atoms with Crippen LogP contribution in [0.15, 0.2) is 0 Å². The highest BCUT2D eigenvalue weighted by atomic mass is 32.2. The van der Waals surface area contributed by atoms with Gasteiger partial charge in [-0.1, -0.05) is 6.92 Å². The maximum Gasteiger partial charge on any atom is 0.246 e. The maximum absolute atomic E-state index is 12.6. The summed E-state index contributed by atoms with van der Waals surface area (Å²) >= 11 is 1.68. The van der Waals surface area contributed by atoms with Crippen LogP contribution in [-0.4, -0.2) is 66.0 Å². The monoisotopic (exact) mass is 299 g/mol. The average molecular weight is 299 g/mol. The molecule has 0 bridgehead atoms. The highest BCUT2D eigenvalue weighted by Gasteiger charge is 2.37. The number of hydrogen-bond acceptors (Lipinski definition) is 4. The largest absolute Gasteiger partial charge is 0.341 e. The fraction of sp³-hybridized carbons (Fsp3) is 0.857. The van der Waals surface area contributed by atoms with Crippen LogP contribution >= 0.6 is 11.8 Å². The molecule has 20 heavy (non-hydrogen) atoms. The number of hydrogen-bond donors (Lipinski definition) is 1. The van der Waals surface area contributed by atoms with Crippen molar-refractivity contribution in [2.75, 3.05) is 38.3 Å². The van der Waals surface area contributed by atoms with E-state index in [1.165, 1.54) is 0 Å². The van der Waals surface area contributed by atoms with Crippen LogP contribution in [0, 0.1) is 5.92 Å². The Morgan fingerprint density at radius 2 is 2.00 bits per heavy atom. The first kappa shape index (κ1) is 15.6. The summed E-state index contributed by atoms with van der Waals surface area (Å²) in [5.41, 5.74) is 0. The van der Waals surface area contributed by atoms with E-state index in [4.69, 9.17) is 0 Å². The van der Waals surface area contributed by atoms with E-state index in [2.05, 4.69) is 5.32 Å². The van der Waals surface area contributed by atoms with Crippen LogP contribution in [0.25, 0.3) is 0 Å². The molecule has 1 atom stereocenters. The Kier molecular flexibility index (Phi) is 5.72. The van der Waals surface area contributed by atoms with E-state index >= 15 is 0 Å².